The molecule has 4 rings (SSSR count). The van der Waals surface area contributed by atoms with Crippen LogP contribution in [0.1, 0.15) is 9.88 Å². The zero-order valence-electron chi connectivity index (χ0n) is 15.9. The number of nitrogens with zero attached hydrogens (tertiary/aromatic N) is 2. The summed E-state index contributed by atoms with van der Waals surface area (Å²) in [5.74, 6) is -0.866. The average Bonchev–Trinajstić information content (AvgIpc) is 3.03. The molecule has 0 aliphatic carbocycles. The number of hydrogen-bond donors (Lipinski definition) is 1. The van der Waals surface area contributed by atoms with Crippen LogP contribution < -0.4 is 15.0 Å². The molecule has 0 spiro atoms. The van der Waals surface area contributed by atoms with E-state index in [0.717, 1.165) is 21.1 Å². The number of aromatic nitrogens is 1. The molecule has 0 bridgehead atoms. The van der Waals surface area contributed by atoms with Gasteiger partial charge in [-0.1, -0.05) is 12.1 Å². The Morgan fingerprint density at radius 1 is 1.28 bits per heavy atom. The minimum absolute atomic E-state index is 0.0701. The number of carbonyl (C=O) groups is 2. The lowest BCUT2D eigenvalue weighted by atomic mass is 10.1. The summed E-state index contributed by atoms with van der Waals surface area (Å²) in [5.41, 5.74) is 2.24. The first kappa shape index (κ1) is 19.1. The summed E-state index contributed by atoms with van der Waals surface area (Å²) in [6, 6.07) is 11.3. The third-order valence-corrected chi connectivity index (χ3v) is 5.41. The number of para-hydroxylation sites is 1. The molecule has 2 aromatic carbocycles. The summed E-state index contributed by atoms with van der Waals surface area (Å²) in [6.45, 7) is 3.52. The standard InChI is InChI=1S/C21H18FN3O3S/c1-12-21(23-13(2)29-12)14-7-8-18-17(9-14)25(20(27)11-28-18)10-19(26)24-16-6-4-3-5-15(16)22/h3-9H,10-11H2,1-2H3,(H,24,26). The number of ether oxygens (including phenoxy) is 1. The molecule has 0 saturated carbocycles. The van der Waals surface area contributed by atoms with Crippen LogP contribution in [0, 0.1) is 19.7 Å². The molecule has 2 heterocycles. The summed E-state index contributed by atoms with van der Waals surface area (Å²) in [7, 11) is 0. The van der Waals surface area contributed by atoms with Gasteiger partial charge < -0.3 is 10.1 Å². The fourth-order valence-electron chi connectivity index (χ4n) is 3.22. The van der Waals surface area contributed by atoms with E-state index in [9.17, 15) is 14.0 Å². The van der Waals surface area contributed by atoms with Gasteiger partial charge in [-0.15, -0.1) is 11.3 Å². The van der Waals surface area contributed by atoms with Gasteiger partial charge in [0.2, 0.25) is 5.91 Å². The van der Waals surface area contributed by atoms with Crippen molar-refractivity contribution >= 4 is 34.5 Å². The van der Waals surface area contributed by atoms with Gasteiger partial charge in [0.25, 0.3) is 5.91 Å². The molecule has 2 amide bonds. The van der Waals surface area contributed by atoms with Crippen LogP contribution in [0.2, 0.25) is 0 Å². The quantitative estimate of drug-likeness (QED) is 0.706. The van der Waals surface area contributed by atoms with Gasteiger partial charge in [0.15, 0.2) is 6.61 Å². The van der Waals surface area contributed by atoms with Crippen LogP contribution in [0.4, 0.5) is 15.8 Å². The second-order valence-electron chi connectivity index (χ2n) is 6.62. The van der Waals surface area contributed by atoms with Gasteiger partial charge in [-0.2, -0.15) is 0 Å². The zero-order chi connectivity index (χ0) is 20.5. The normalized spacial score (nSPS) is 13.1. The zero-order valence-corrected chi connectivity index (χ0v) is 16.7. The van der Waals surface area contributed by atoms with Crippen LogP contribution in [-0.4, -0.2) is 29.9 Å². The minimum Gasteiger partial charge on any atom is -0.482 e. The van der Waals surface area contributed by atoms with E-state index < -0.39 is 11.7 Å². The number of carbonyl (C=O) groups excluding carboxylic acids is 2. The lowest BCUT2D eigenvalue weighted by Crippen LogP contribution is -2.43. The van der Waals surface area contributed by atoms with Gasteiger partial charge in [0.05, 0.1) is 22.1 Å². The number of aryl methyl sites for hydroxylation is 2. The summed E-state index contributed by atoms with van der Waals surface area (Å²) < 4.78 is 19.3. The SMILES string of the molecule is Cc1nc(-c2ccc3c(c2)N(CC(=O)Nc2ccccc2F)C(=O)CO3)c(C)s1. The first-order chi connectivity index (χ1) is 13.9. The molecule has 0 fully saturated rings. The number of rotatable bonds is 4. The third-order valence-electron chi connectivity index (χ3n) is 4.53. The Balaban J connectivity index is 1.62. The Morgan fingerprint density at radius 2 is 2.07 bits per heavy atom. The van der Waals surface area contributed by atoms with Crippen molar-refractivity contribution < 1.29 is 18.7 Å². The predicted octanol–water partition coefficient (Wildman–Crippen LogP) is 3.93. The van der Waals surface area contributed by atoms with Crippen molar-refractivity contribution in [3.05, 3.63) is 58.2 Å². The van der Waals surface area contributed by atoms with E-state index in [1.165, 1.54) is 23.1 Å². The maximum atomic E-state index is 13.8. The van der Waals surface area contributed by atoms with Gasteiger partial charge in [0.1, 0.15) is 18.1 Å². The molecule has 0 radical (unpaired) electrons. The van der Waals surface area contributed by atoms with E-state index in [1.807, 2.05) is 19.9 Å². The van der Waals surface area contributed by atoms with E-state index in [-0.39, 0.29) is 24.7 Å². The Kier molecular flexibility index (Phi) is 5.02. The van der Waals surface area contributed by atoms with Crippen molar-refractivity contribution in [1.82, 2.24) is 4.98 Å². The largest absolute Gasteiger partial charge is 0.482 e. The van der Waals surface area contributed by atoms with Crippen LogP contribution in [0.5, 0.6) is 5.75 Å². The van der Waals surface area contributed by atoms with Crippen molar-refractivity contribution in [2.75, 3.05) is 23.4 Å². The number of anilines is 2. The van der Waals surface area contributed by atoms with Crippen molar-refractivity contribution in [2.24, 2.45) is 0 Å². The average molecular weight is 411 g/mol. The van der Waals surface area contributed by atoms with Gasteiger partial charge in [0, 0.05) is 10.4 Å². The summed E-state index contributed by atoms with van der Waals surface area (Å²) >= 11 is 1.59. The number of nitrogens with one attached hydrogen (secondary N) is 1. The minimum atomic E-state index is -0.536. The van der Waals surface area contributed by atoms with E-state index in [0.29, 0.717) is 11.4 Å². The molecular formula is C21H18FN3O3S. The van der Waals surface area contributed by atoms with Crippen LogP contribution in [-0.2, 0) is 9.59 Å². The van der Waals surface area contributed by atoms with Crippen LogP contribution in [0.15, 0.2) is 42.5 Å². The Morgan fingerprint density at radius 3 is 2.79 bits per heavy atom. The number of halogens is 1. The molecule has 0 unspecified atom stereocenters. The Hall–Kier alpha value is -3.26. The highest BCUT2D eigenvalue weighted by Crippen LogP contribution is 2.37. The molecular weight excluding hydrogens is 393 g/mol. The first-order valence-corrected chi connectivity index (χ1v) is 9.80. The van der Waals surface area contributed by atoms with Crippen molar-refractivity contribution in [2.45, 2.75) is 13.8 Å². The fraction of sp³-hybridized carbons (Fsp3) is 0.190. The topological polar surface area (TPSA) is 71.5 Å². The van der Waals surface area contributed by atoms with E-state index in [4.69, 9.17) is 4.74 Å². The van der Waals surface area contributed by atoms with Crippen molar-refractivity contribution in [3.8, 4) is 17.0 Å². The molecule has 0 atom stereocenters. The smallest absolute Gasteiger partial charge is 0.265 e. The predicted molar refractivity (Wildman–Crippen MR) is 110 cm³/mol. The van der Waals surface area contributed by atoms with Crippen LogP contribution in [0.3, 0.4) is 0 Å². The lowest BCUT2D eigenvalue weighted by Gasteiger charge is -2.29. The number of hydrogen-bond acceptors (Lipinski definition) is 5. The van der Waals surface area contributed by atoms with Crippen LogP contribution >= 0.6 is 11.3 Å². The molecule has 6 nitrogen and oxygen atoms in total. The summed E-state index contributed by atoms with van der Waals surface area (Å²) in [4.78, 5) is 31.9. The molecule has 1 N–H and O–H groups in total. The highest BCUT2D eigenvalue weighted by molar-refractivity contribution is 7.11. The fourth-order valence-corrected chi connectivity index (χ4v) is 4.06. The molecule has 29 heavy (non-hydrogen) atoms. The van der Waals surface area contributed by atoms with Gasteiger partial charge in [-0.25, -0.2) is 9.37 Å². The summed E-state index contributed by atoms with van der Waals surface area (Å²) in [5, 5.41) is 3.46. The number of amides is 2. The molecule has 3 aromatic rings. The molecule has 1 aliphatic rings. The second kappa shape index (κ2) is 7.63. The highest BCUT2D eigenvalue weighted by atomic mass is 32.1. The first-order valence-electron chi connectivity index (χ1n) is 8.98. The van der Waals surface area contributed by atoms with Crippen LogP contribution in [0.25, 0.3) is 11.3 Å². The molecule has 1 aliphatic heterocycles. The number of fused-ring (bicyclic) bond motifs is 1. The van der Waals surface area contributed by atoms with Gasteiger partial charge >= 0.3 is 0 Å². The Bertz CT molecular complexity index is 1110. The summed E-state index contributed by atoms with van der Waals surface area (Å²) in [6.07, 6.45) is 0. The Labute approximate surface area is 171 Å². The lowest BCUT2D eigenvalue weighted by molar-refractivity contribution is -0.123. The molecule has 1 aromatic heterocycles. The third kappa shape index (κ3) is 3.84. The highest BCUT2D eigenvalue weighted by Gasteiger charge is 2.28. The van der Waals surface area contributed by atoms with Gasteiger partial charge in [-0.05, 0) is 44.2 Å². The molecule has 148 valence electrons. The number of thiazole rings is 1. The second-order valence-corrected chi connectivity index (χ2v) is 8.02. The maximum Gasteiger partial charge on any atom is 0.265 e. The van der Waals surface area contributed by atoms with E-state index in [2.05, 4.69) is 10.3 Å². The van der Waals surface area contributed by atoms with E-state index >= 15 is 0 Å². The number of benzene rings is 2. The van der Waals surface area contributed by atoms with Gasteiger partial charge in [-0.3, -0.25) is 14.5 Å². The van der Waals surface area contributed by atoms with E-state index in [1.54, 1.807) is 29.5 Å². The maximum absolute atomic E-state index is 13.8. The van der Waals surface area contributed by atoms with Crippen molar-refractivity contribution in [1.29, 1.82) is 0 Å². The monoisotopic (exact) mass is 411 g/mol. The molecule has 8 heteroatoms. The van der Waals surface area contributed by atoms with Crippen molar-refractivity contribution in [3.63, 3.8) is 0 Å². The molecule has 0 saturated heterocycles.